The molecule has 6 heteroatoms. The first kappa shape index (κ1) is 18.7. The smallest absolute Gasteiger partial charge is 0.399 e. The van der Waals surface area contributed by atoms with Gasteiger partial charge >= 0.3 is 7.12 Å². The van der Waals surface area contributed by atoms with Crippen molar-refractivity contribution in [2.45, 2.75) is 38.9 Å². The van der Waals surface area contributed by atoms with E-state index in [-0.39, 0.29) is 0 Å². The highest BCUT2D eigenvalue weighted by Crippen LogP contribution is 2.37. The van der Waals surface area contributed by atoms with Gasteiger partial charge < -0.3 is 9.31 Å². The van der Waals surface area contributed by atoms with Crippen molar-refractivity contribution in [3.05, 3.63) is 72.8 Å². The van der Waals surface area contributed by atoms with E-state index in [2.05, 4.69) is 103 Å². The van der Waals surface area contributed by atoms with Crippen molar-refractivity contribution in [3.8, 4) is 5.69 Å². The third kappa shape index (κ3) is 2.55. The van der Waals surface area contributed by atoms with Gasteiger partial charge in [0.2, 0.25) is 5.78 Å². The van der Waals surface area contributed by atoms with Crippen LogP contribution in [0.4, 0.5) is 0 Å². The molecule has 0 atom stereocenters. The Labute approximate surface area is 181 Å². The summed E-state index contributed by atoms with van der Waals surface area (Å²) in [5.41, 5.74) is 5.45. The maximum Gasteiger partial charge on any atom is 0.497 e. The van der Waals surface area contributed by atoms with E-state index in [0.29, 0.717) is 0 Å². The number of aromatic nitrogens is 3. The van der Waals surface area contributed by atoms with Gasteiger partial charge in [-0.3, -0.25) is 8.97 Å². The van der Waals surface area contributed by atoms with Crippen molar-refractivity contribution in [1.29, 1.82) is 0 Å². The highest BCUT2D eigenvalue weighted by atomic mass is 16.7. The summed E-state index contributed by atoms with van der Waals surface area (Å²) in [6, 6.07) is 25.0. The van der Waals surface area contributed by atoms with E-state index in [1.807, 2.05) is 6.07 Å². The monoisotopic (exact) mass is 409 g/mol. The maximum absolute atomic E-state index is 6.35. The Morgan fingerprint density at radius 1 is 0.710 bits per heavy atom. The summed E-state index contributed by atoms with van der Waals surface area (Å²) in [6.07, 6.45) is 0. The molecule has 0 N–H and O–H groups in total. The normalized spacial score (nSPS) is 17.9. The lowest BCUT2D eigenvalue weighted by atomic mass is 9.78. The van der Waals surface area contributed by atoms with Crippen LogP contribution in [0.1, 0.15) is 27.7 Å². The van der Waals surface area contributed by atoms with Crippen LogP contribution in [0.5, 0.6) is 0 Å². The van der Waals surface area contributed by atoms with Crippen molar-refractivity contribution in [2.24, 2.45) is 0 Å². The molecule has 6 rings (SSSR count). The van der Waals surface area contributed by atoms with Gasteiger partial charge in [-0.1, -0.05) is 42.5 Å². The number of benzene rings is 3. The average molecular weight is 409 g/mol. The molecule has 3 heterocycles. The fraction of sp³-hybridized carbons (Fsp3) is 0.240. The second-order valence-electron chi connectivity index (χ2n) is 9.21. The van der Waals surface area contributed by atoms with Gasteiger partial charge in [0, 0.05) is 11.2 Å². The molecule has 0 amide bonds. The fourth-order valence-electron chi connectivity index (χ4n) is 4.44. The predicted molar refractivity (Wildman–Crippen MR) is 125 cm³/mol. The van der Waals surface area contributed by atoms with Gasteiger partial charge in [0.1, 0.15) is 0 Å². The van der Waals surface area contributed by atoms with Crippen molar-refractivity contribution in [3.63, 3.8) is 0 Å². The van der Waals surface area contributed by atoms with Gasteiger partial charge in [0.05, 0.1) is 33.3 Å². The lowest BCUT2D eigenvalue weighted by Crippen LogP contribution is -2.41. The fourth-order valence-corrected chi connectivity index (χ4v) is 4.44. The van der Waals surface area contributed by atoms with Crippen molar-refractivity contribution in [1.82, 2.24) is 14.0 Å². The largest absolute Gasteiger partial charge is 0.497 e. The van der Waals surface area contributed by atoms with Crippen molar-refractivity contribution >= 4 is 40.4 Å². The molecule has 5 nitrogen and oxygen atoms in total. The molecule has 0 aliphatic carbocycles. The van der Waals surface area contributed by atoms with Crippen LogP contribution in [0.2, 0.25) is 0 Å². The molecule has 31 heavy (non-hydrogen) atoms. The lowest BCUT2D eigenvalue weighted by molar-refractivity contribution is 0.00578. The summed E-state index contributed by atoms with van der Waals surface area (Å²) < 4.78 is 17.1. The molecule has 2 aromatic heterocycles. The topological polar surface area (TPSA) is 40.7 Å². The van der Waals surface area contributed by atoms with E-state index < -0.39 is 18.3 Å². The Morgan fingerprint density at radius 3 is 2.03 bits per heavy atom. The minimum absolute atomic E-state index is 0.398. The Bertz CT molecular complexity index is 1430. The Morgan fingerprint density at radius 2 is 1.32 bits per heavy atom. The molecule has 154 valence electrons. The van der Waals surface area contributed by atoms with Crippen molar-refractivity contribution in [2.75, 3.05) is 0 Å². The molecular weight excluding hydrogens is 385 g/mol. The number of fused-ring (bicyclic) bond motifs is 5. The molecular formula is C25H24BN3O2. The average Bonchev–Trinajstić information content (AvgIpc) is 3.34. The summed E-state index contributed by atoms with van der Waals surface area (Å²) in [5.74, 6) is 0.881. The highest BCUT2D eigenvalue weighted by Gasteiger charge is 2.52. The molecule has 1 fully saturated rings. The predicted octanol–water partition coefficient (Wildman–Crippen LogP) is 4.73. The van der Waals surface area contributed by atoms with Gasteiger partial charge in [-0.05, 0) is 58.0 Å². The number of imidazole rings is 2. The maximum atomic E-state index is 6.35. The summed E-state index contributed by atoms with van der Waals surface area (Å²) in [4.78, 5) is 5.13. The number of hydrogen-bond acceptors (Lipinski definition) is 3. The third-order valence-corrected chi connectivity index (χ3v) is 6.78. The molecule has 0 unspecified atom stereocenters. The molecule has 0 radical (unpaired) electrons. The highest BCUT2D eigenvalue weighted by molar-refractivity contribution is 6.65. The molecule has 0 bridgehead atoms. The molecule has 1 saturated heterocycles. The lowest BCUT2D eigenvalue weighted by Gasteiger charge is -2.32. The van der Waals surface area contributed by atoms with E-state index in [4.69, 9.17) is 14.3 Å². The SMILES string of the molecule is CC1(C)OB(c2cccc3c2nc2n(-c4ccccc4)c4ccccc4n32)OC1(C)C. The van der Waals surface area contributed by atoms with E-state index in [0.717, 1.165) is 39.0 Å². The zero-order valence-corrected chi connectivity index (χ0v) is 18.2. The van der Waals surface area contributed by atoms with Gasteiger partial charge in [-0.15, -0.1) is 0 Å². The van der Waals surface area contributed by atoms with Crippen LogP contribution < -0.4 is 5.46 Å². The van der Waals surface area contributed by atoms with Crippen LogP contribution in [-0.2, 0) is 9.31 Å². The number of rotatable bonds is 2. The van der Waals surface area contributed by atoms with Crippen molar-refractivity contribution < 1.29 is 9.31 Å². The van der Waals surface area contributed by atoms with E-state index in [1.54, 1.807) is 0 Å². The first-order valence-corrected chi connectivity index (χ1v) is 10.7. The van der Waals surface area contributed by atoms with Crippen LogP contribution in [0.25, 0.3) is 33.5 Å². The zero-order chi connectivity index (χ0) is 21.4. The van der Waals surface area contributed by atoms with Crippen LogP contribution >= 0.6 is 0 Å². The number of nitrogens with zero attached hydrogens (tertiary/aromatic N) is 3. The Balaban J connectivity index is 1.66. The summed E-state index contributed by atoms with van der Waals surface area (Å²) in [5, 5.41) is 0. The first-order valence-electron chi connectivity index (χ1n) is 10.7. The van der Waals surface area contributed by atoms with Gasteiger partial charge in [0.15, 0.2) is 0 Å². The molecule has 0 saturated carbocycles. The van der Waals surface area contributed by atoms with Crippen LogP contribution in [0, 0.1) is 0 Å². The first-order chi connectivity index (χ1) is 14.9. The van der Waals surface area contributed by atoms with E-state index in [9.17, 15) is 0 Å². The second-order valence-corrected chi connectivity index (χ2v) is 9.21. The van der Waals surface area contributed by atoms with Gasteiger partial charge in [0.25, 0.3) is 0 Å². The molecule has 5 aromatic rings. The Hall–Kier alpha value is -3.09. The zero-order valence-electron chi connectivity index (χ0n) is 18.2. The van der Waals surface area contributed by atoms with Crippen LogP contribution in [-0.4, -0.2) is 32.3 Å². The quantitative estimate of drug-likeness (QED) is 0.396. The molecule has 0 spiro atoms. The van der Waals surface area contributed by atoms with E-state index in [1.165, 1.54) is 0 Å². The van der Waals surface area contributed by atoms with Crippen LogP contribution in [0.15, 0.2) is 72.8 Å². The molecule has 3 aromatic carbocycles. The minimum atomic E-state index is -0.454. The molecule has 1 aliphatic rings. The minimum Gasteiger partial charge on any atom is -0.399 e. The number of hydrogen-bond donors (Lipinski definition) is 0. The number of para-hydroxylation sites is 4. The van der Waals surface area contributed by atoms with Crippen LogP contribution in [0.3, 0.4) is 0 Å². The van der Waals surface area contributed by atoms with Gasteiger partial charge in [-0.2, -0.15) is 0 Å². The Kier molecular flexibility index (Phi) is 3.74. The standard InChI is InChI=1S/C25H24BN3O2/c1-24(2)25(3,4)31-26(30-24)18-13-10-16-21-22(18)27-23-28(17-11-6-5-7-12-17)19-14-8-9-15-20(19)29(21)23/h5-16H,1-4H3. The summed E-state index contributed by atoms with van der Waals surface area (Å²) in [7, 11) is -0.454. The summed E-state index contributed by atoms with van der Waals surface area (Å²) in [6.45, 7) is 8.31. The van der Waals surface area contributed by atoms with E-state index >= 15 is 0 Å². The van der Waals surface area contributed by atoms with Gasteiger partial charge in [-0.25, -0.2) is 4.98 Å². The second kappa shape index (κ2) is 6.22. The molecule has 1 aliphatic heterocycles. The summed E-state index contributed by atoms with van der Waals surface area (Å²) >= 11 is 0. The third-order valence-electron chi connectivity index (χ3n) is 6.78.